The van der Waals surface area contributed by atoms with E-state index in [-0.39, 0.29) is 5.41 Å². The summed E-state index contributed by atoms with van der Waals surface area (Å²) in [5, 5.41) is 10.8. The Bertz CT molecular complexity index is 456. The summed E-state index contributed by atoms with van der Waals surface area (Å²) < 4.78 is 0. The Morgan fingerprint density at radius 1 is 0.913 bits per heavy atom. The lowest BCUT2D eigenvalue weighted by Gasteiger charge is -2.29. The molecule has 1 rings (SSSR count). The molecule has 2 atom stereocenters. The van der Waals surface area contributed by atoms with Gasteiger partial charge in [0.1, 0.15) is 5.75 Å². The number of rotatable bonds is 9. The molecule has 0 saturated heterocycles. The van der Waals surface area contributed by atoms with Crippen molar-refractivity contribution in [1.29, 1.82) is 0 Å². The topological polar surface area (TPSA) is 20.2 Å². The number of hydrogen-bond donors (Lipinski definition) is 1. The summed E-state index contributed by atoms with van der Waals surface area (Å²) in [6.45, 7) is 15.8. The van der Waals surface area contributed by atoms with Crippen LogP contribution < -0.4 is 0 Å². The van der Waals surface area contributed by atoms with Crippen molar-refractivity contribution < 1.29 is 5.11 Å². The Labute approximate surface area is 144 Å². The van der Waals surface area contributed by atoms with Gasteiger partial charge in [0, 0.05) is 0 Å². The fraction of sp³-hybridized carbons (Fsp3) is 0.727. The molecule has 0 heterocycles. The Morgan fingerprint density at radius 2 is 1.39 bits per heavy atom. The molecule has 0 aliphatic rings. The molecule has 1 nitrogen and oxygen atoms in total. The fourth-order valence-electron chi connectivity index (χ4n) is 3.22. The average molecular weight is 319 g/mol. The molecule has 0 aliphatic heterocycles. The standard InChI is InChI=1S/C22H38O/c1-8-11-12-13-22(6,7)18-14-19(16(4)9-2)21(23)20(15-18)17(5)10-3/h14-17,23H,8-13H2,1-7H3. The van der Waals surface area contributed by atoms with Gasteiger partial charge >= 0.3 is 0 Å². The second kappa shape index (κ2) is 8.76. The van der Waals surface area contributed by atoms with Gasteiger partial charge in [0.2, 0.25) is 0 Å². The van der Waals surface area contributed by atoms with E-state index in [4.69, 9.17) is 0 Å². The molecule has 0 aliphatic carbocycles. The van der Waals surface area contributed by atoms with Gasteiger partial charge in [0.05, 0.1) is 0 Å². The van der Waals surface area contributed by atoms with Crippen molar-refractivity contribution in [2.75, 3.05) is 0 Å². The Balaban J connectivity index is 3.31. The van der Waals surface area contributed by atoms with Crippen LogP contribution in [0.15, 0.2) is 12.1 Å². The molecule has 0 saturated carbocycles. The van der Waals surface area contributed by atoms with Gasteiger partial charge in [-0.1, -0.05) is 79.9 Å². The van der Waals surface area contributed by atoms with Crippen molar-refractivity contribution in [3.8, 4) is 5.75 Å². The number of hydrogen-bond acceptors (Lipinski definition) is 1. The van der Waals surface area contributed by atoms with Gasteiger partial charge in [-0.15, -0.1) is 0 Å². The molecule has 0 radical (unpaired) electrons. The van der Waals surface area contributed by atoms with E-state index in [2.05, 4.69) is 60.6 Å². The molecule has 0 aromatic heterocycles. The zero-order valence-electron chi connectivity index (χ0n) is 16.5. The van der Waals surface area contributed by atoms with Gasteiger partial charge in [0.25, 0.3) is 0 Å². The molecule has 23 heavy (non-hydrogen) atoms. The van der Waals surface area contributed by atoms with Crippen LogP contribution in [0.3, 0.4) is 0 Å². The molecule has 1 heteroatoms. The largest absolute Gasteiger partial charge is 0.507 e. The minimum atomic E-state index is 0.174. The summed E-state index contributed by atoms with van der Waals surface area (Å²) in [5.41, 5.74) is 3.86. The van der Waals surface area contributed by atoms with Crippen LogP contribution in [0.25, 0.3) is 0 Å². The molecule has 1 N–H and O–H groups in total. The van der Waals surface area contributed by atoms with Crippen molar-refractivity contribution >= 4 is 0 Å². The van der Waals surface area contributed by atoms with E-state index >= 15 is 0 Å². The van der Waals surface area contributed by atoms with Crippen LogP contribution in [0.4, 0.5) is 0 Å². The quantitative estimate of drug-likeness (QED) is 0.474. The summed E-state index contributed by atoms with van der Waals surface area (Å²) in [6.07, 6.45) is 7.19. The number of phenols is 1. The second-order valence-electron chi connectivity index (χ2n) is 7.96. The summed E-state index contributed by atoms with van der Waals surface area (Å²) in [5.74, 6) is 1.36. The van der Waals surface area contributed by atoms with Gasteiger partial charge in [-0.05, 0) is 53.2 Å². The fourth-order valence-corrected chi connectivity index (χ4v) is 3.22. The molecule has 1 aromatic carbocycles. The van der Waals surface area contributed by atoms with E-state index in [0.29, 0.717) is 17.6 Å². The van der Waals surface area contributed by atoms with Gasteiger partial charge in [-0.25, -0.2) is 0 Å². The maximum absolute atomic E-state index is 10.8. The van der Waals surface area contributed by atoms with Crippen molar-refractivity contribution in [2.45, 2.75) is 104 Å². The van der Waals surface area contributed by atoms with Crippen molar-refractivity contribution in [1.82, 2.24) is 0 Å². The zero-order valence-corrected chi connectivity index (χ0v) is 16.5. The van der Waals surface area contributed by atoms with E-state index in [1.807, 2.05) is 0 Å². The van der Waals surface area contributed by atoms with Crippen LogP contribution in [0.2, 0.25) is 0 Å². The first-order valence-corrected chi connectivity index (χ1v) is 9.65. The first kappa shape index (κ1) is 20.1. The highest BCUT2D eigenvalue weighted by Crippen LogP contribution is 2.41. The van der Waals surface area contributed by atoms with Crippen molar-refractivity contribution in [2.24, 2.45) is 0 Å². The minimum Gasteiger partial charge on any atom is -0.507 e. The highest BCUT2D eigenvalue weighted by atomic mass is 16.3. The van der Waals surface area contributed by atoms with Crippen LogP contribution >= 0.6 is 0 Å². The summed E-state index contributed by atoms with van der Waals surface area (Å²) in [7, 11) is 0. The Morgan fingerprint density at radius 3 is 1.78 bits per heavy atom. The van der Waals surface area contributed by atoms with Crippen LogP contribution in [0.5, 0.6) is 5.75 Å². The van der Waals surface area contributed by atoms with Crippen LogP contribution in [-0.2, 0) is 5.41 Å². The molecular formula is C22H38O. The molecule has 0 bridgehead atoms. The molecular weight excluding hydrogens is 280 g/mol. The van der Waals surface area contributed by atoms with Crippen LogP contribution in [0, 0.1) is 0 Å². The van der Waals surface area contributed by atoms with Gasteiger partial charge < -0.3 is 5.11 Å². The maximum atomic E-state index is 10.8. The highest BCUT2D eigenvalue weighted by Gasteiger charge is 2.25. The lowest BCUT2D eigenvalue weighted by molar-refractivity contribution is 0.434. The van der Waals surface area contributed by atoms with Crippen molar-refractivity contribution in [3.63, 3.8) is 0 Å². The molecule has 1 aromatic rings. The number of aromatic hydroxyl groups is 1. The smallest absolute Gasteiger partial charge is 0.122 e. The summed E-state index contributed by atoms with van der Waals surface area (Å²) in [4.78, 5) is 0. The lowest BCUT2D eigenvalue weighted by atomic mass is 9.76. The van der Waals surface area contributed by atoms with Crippen LogP contribution in [0.1, 0.15) is 116 Å². The third kappa shape index (κ3) is 4.99. The molecule has 2 unspecified atom stereocenters. The van der Waals surface area contributed by atoms with Crippen LogP contribution in [-0.4, -0.2) is 5.11 Å². The highest BCUT2D eigenvalue weighted by molar-refractivity contribution is 5.48. The predicted octanol–water partition coefficient (Wildman–Crippen LogP) is 7.28. The average Bonchev–Trinajstić information content (AvgIpc) is 2.53. The predicted molar refractivity (Wildman–Crippen MR) is 103 cm³/mol. The second-order valence-corrected chi connectivity index (χ2v) is 7.96. The Kier molecular flexibility index (Phi) is 7.64. The van der Waals surface area contributed by atoms with E-state index in [0.717, 1.165) is 24.0 Å². The van der Waals surface area contributed by atoms with Gasteiger partial charge in [-0.2, -0.15) is 0 Å². The molecule has 0 fully saturated rings. The molecule has 0 amide bonds. The number of benzene rings is 1. The van der Waals surface area contributed by atoms with Gasteiger partial charge in [-0.3, -0.25) is 0 Å². The molecule has 132 valence electrons. The molecule has 0 spiro atoms. The third-order valence-electron chi connectivity index (χ3n) is 5.64. The van der Waals surface area contributed by atoms with Crippen molar-refractivity contribution in [3.05, 3.63) is 28.8 Å². The Hall–Kier alpha value is -0.980. The zero-order chi connectivity index (χ0) is 17.6. The number of phenolic OH excluding ortho intramolecular Hbond substituents is 1. The van der Waals surface area contributed by atoms with E-state index in [1.165, 1.54) is 31.2 Å². The van der Waals surface area contributed by atoms with E-state index < -0.39 is 0 Å². The lowest BCUT2D eigenvalue weighted by Crippen LogP contribution is -2.18. The third-order valence-corrected chi connectivity index (χ3v) is 5.64. The van der Waals surface area contributed by atoms with E-state index in [9.17, 15) is 5.11 Å². The SMILES string of the molecule is CCCCCC(C)(C)c1cc(C(C)CC)c(O)c(C(C)CC)c1. The first-order chi connectivity index (χ1) is 10.8. The number of unbranched alkanes of at least 4 members (excludes halogenated alkanes) is 2. The monoisotopic (exact) mass is 318 g/mol. The van der Waals surface area contributed by atoms with E-state index in [1.54, 1.807) is 0 Å². The summed E-state index contributed by atoms with van der Waals surface area (Å²) in [6, 6.07) is 4.56. The summed E-state index contributed by atoms with van der Waals surface area (Å²) >= 11 is 0. The normalized spacial score (nSPS) is 14.7. The minimum absolute atomic E-state index is 0.174. The van der Waals surface area contributed by atoms with Gasteiger partial charge in [0.15, 0.2) is 0 Å². The maximum Gasteiger partial charge on any atom is 0.122 e. The first-order valence-electron chi connectivity index (χ1n) is 9.65.